The maximum atomic E-state index is 13.6. The standard InChI is InChI=1S/C13H17F2NO3/c1-7(2)16-13(18)8(3)19-12-10(14)4-9(6-17)5-11(12)15/h4-5,7-8,17H,6H2,1-3H3,(H,16,18). The van der Waals surface area contributed by atoms with Crippen LogP contribution in [0.3, 0.4) is 0 Å². The second kappa shape index (κ2) is 6.47. The molecule has 1 unspecified atom stereocenters. The number of benzene rings is 1. The molecule has 0 aliphatic carbocycles. The van der Waals surface area contributed by atoms with Crippen molar-refractivity contribution in [3.63, 3.8) is 0 Å². The van der Waals surface area contributed by atoms with Gasteiger partial charge in [0.15, 0.2) is 23.5 Å². The van der Waals surface area contributed by atoms with Gasteiger partial charge in [-0.15, -0.1) is 0 Å². The van der Waals surface area contributed by atoms with Crippen molar-refractivity contribution >= 4 is 5.91 Å². The van der Waals surface area contributed by atoms with Crippen LogP contribution in [0.1, 0.15) is 26.3 Å². The first-order valence-electron chi connectivity index (χ1n) is 5.91. The first-order chi connectivity index (χ1) is 8.85. The molecule has 1 atom stereocenters. The number of amides is 1. The quantitative estimate of drug-likeness (QED) is 0.859. The molecule has 1 aromatic rings. The summed E-state index contributed by atoms with van der Waals surface area (Å²) in [6.07, 6.45) is -1.02. The Morgan fingerprint density at radius 2 is 1.84 bits per heavy atom. The smallest absolute Gasteiger partial charge is 0.260 e. The Morgan fingerprint density at radius 3 is 2.26 bits per heavy atom. The zero-order valence-corrected chi connectivity index (χ0v) is 11.0. The topological polar surface area (TPSA) is 58.6 Å². The molecular weight excluding hydrogens is 256 g/mol. The number of hydrogen-bond donors (Lipinski definition) is 2. The van der Waals surface area contributed by atoms with Gasteiger partial charge >= 0.3 is 0 Å². The van der Waals surface area contributed by atoms with Crippen LogP contribution in [-0.2, 0) is 11.4 Å². The predicted octanol–water partition coefficient (Wildman–Crippen LogP) is 1.75. The van der Waals surface area contributed by atoms with Crippen molar-refractivity contribution in [3.05, 3.63) is 29.3 Å². The Hall–Kier alpha value is -1.69. The molecular formula is C13H17F2NO3. The number of ether oxygens (including phenoxy) is 1. The van der Waals surface area contributed by atoms with Gasteiger partial charge in [-0.05, 0) is 38.5 Å². The van der Waals surface area contributed by atoms with Crippen molar-refractivity contribution in [2.75, 3.05) is 0 Å². The highest BCUT2D eigenvalue weighted by Gasteiger charge is 2.20. The Labute approximate surface area is 110 Å². The van der Waals surface area contributed by atoms with E-state index in [1.165, 1.54) is 6.92 Å². The third kappa shape index (κ3) is 4.17. The van der Waals surface area contributed by atoms with Gasteiger partial charge in [0.2, 0.25) is 0 Å². The van der Waals surface area contributed by atoms with Crippen molar-refractivity contribution in [3.8, 4) is 5.75 Å². The van der Waals surface area contributed by atoms with E-state index in [1.54, 1.807) is 13.8 Å². The number of nitrogens with one attached hydrogen (secondary N) is 1. The molecule has 4 nitrogen and oxygen atoms in total. The van der Waals surface area contributed by atoms with E-state index < -0.39 is 36.0 Å². The van der Waals surface area contributed by atoms with E-state index in [4.69, 9.17) is 9.84 Å². The van der Waals surface area contributed by atoms with Gasteiger partial charge in [-0.3, -0.25) is 4.79 Å². The van der Waals surface area contributed by atoms with Gasteiger partial charge in [0.25, 0.3) is 5.91 Å². The highest BCUT2D eigenvalue weighted by Crippen LogP contribution is 2.24. The molecule has 6 heteroatoms. The van der Waals surface area contributed by atoms with Crippen molar-refractivity contribution in [1.29, 1.82) is 0 Å². The Balaban J connectivity index is 2.85. The van der Waals surface area contributed by atoms with E-state index in [2.05, 4.69) is 5.32 Å². The van der Waals surface area contributed by atoms with Gasteiger partial charge in [-0.25, -0.2) is 8.78 Å². The highest BCUT2D eigenvalue weighted by atomic mass is 19.1. The molecule has 0 fully saturated rings. The average Bonchev–Trinajstić information content (AvgIpc) is 2.32. The minimum atomic E-state index is -1.02. The first-order valence-corrected chi connectivity index (χ1v) is 5.91. The monoisotopic (exact) mass is 273 g/mol. The molecule has 0 spiro atoms. The Kier molecular flexibility index (Phi) is 5.23. The van der Waals surface area contributed by atoms with Crippen LogP contribution in [0.2, 0.25) is 0 Å². The molecule has 0 heterocycles. The maximum absolute atomic E-state index is 13.6. The molecule has 0 aliphatic rings. The summed E-state index contributed by atoms with van der Waals surface area (Å²) in [6.45, 7) is 4.46. The molecule has 106 valence electrons. The number of aliphatic hydroxyl groups is 1. The normalized spacial score (nSPS) is 12.4. The molecule has 1 aromatic carbocycles. The van der Waals surface area contributed by atoms with Gasteiger partial charge in [0.1, 0.15) is 0 Å². The van der Waals surface area contributed by atoms with E-state index in [0.717, 1.165) is 12.1 Å². The summed E-state index contributed by atoms with van der Waals surface area (Å²) < 4.78 is 32.1. The minimum absolute atomic E-state index is 0.0926. The van der Waals surface area contributed by atoms with Crippen LogP contribution in [0.15, 0.2) is 12.1 Å². The number of aliphatic hydroxyl groups excluding tert-OH is 1. The van der Waals surface area contributed by atoms with Crippen LogP contribution < -0.4 is 10.1 Å². The van der Waals surface area contributed by atoms with Crippen LogP contribution >= 0.6 is 0 Å². The zero-order valence-electron chi connectivity index (χ0n) is 11.0. The van der Waals surface area contributed by atoms with Crippen LogP contribution in [0, 0.1) is 11.6 Å². The predicted molar refractivity (Wildman–Crippen MR) is 65.6 cm³/mol. The molecule has 1 rings (SSSR count). The van der Waals surface area contributed by atoms with Crippen LogP contribution in [-0.4, -0.2) is 23.2 Å². The summed E-state index contributed by atoms with van der Waals surface area (Å²) in [5.41, 5.74) is 0.0987. The summed E-state index contributed by atoms with van der Waals surface area (Å²) in [4.78, 5) is 11.6. The van der Waals surface area contributed by atoms with E-state index in [0.29, 0.717) is 0 Å². The summed E-state index contributed by atoms with van der Waals surface area (Å²) in [5.74, 6) is -2.98. The Bertz CT molecular complexity index is 440. The summed E-state index contributed by atoms with van der Waals surface area (Å²) in [6, 6.07) is 1.83. The SMILES string of the molecule is CC(C)NC(=O)C(C)Oc1c(F)cc(CO)cc1F. The molecule has 1 amide bonds. The fourth-order valence-corrected chi connectivity index (χ4v) is 1.45. The molecule has 0 aliphatic heterocycles. The number of rotatable bonds is 5. The van der Waals surface area contributed by atoms with Gasteiger partial charge in [-0.2, -0.15) is 0 Å². The van der Waals surface area contributed by atoms with Crippen molar-refractivity contribution in [2.45, 2.75) is 39.5 Å². The van der Waals surface area contributed by atoms with Crippen molar-refractivity contribution in [1.82, 2.24) is 5.32 Å². The lowest BCUT2D eigenvalue weighted by atomic mass is 10.2. The molecule has 0 bridgehead atoms. The molecule has 0 saturated heterocycles. The third-order valence-electron chi connectivity index (χ3n) is 2.34. The van der Waals surface area contributed by atoms with Gasteiger partial charge in [0, 0.05) is 6.04 Å². The maximum Gasteiger partial charge on any atom is 0.260 e. The number of hydrogen-bond acceptors (Lipinski definition) is 3. The fourth-order valence-electron chi connectivity index (χ4n) is 1.45. The van der Waals surface area contributed by atoms with Gasteiger partial charge in [0.05, 0.1) is 6.61 Å². The van der Waals surface area contributed by atoms with E-state index >= 15 is 0 Å². The average molecular weight is 273 g/mol. The zero-order chi connectivity index (χ0) is 14.6. The molecule has 0 saturated carbocycles. The van der Waals surface area contributed by atoms with Crippen LogP contribution in [0.25, 0.3) is 0 Å². The lowest BCUT2D eigenvalue weighted by Gasteiger charge is -2.17. The van der Waals surface area contributed by atoms with Crippen LogP contribution in [0.4, 0.5) is 8.78 Å². The van der Waals surface area contributed by atoms with E-state index in [9.17, 15) is 13.6 Å². The van der Waals surface area contributed by atoms with Crippen LogP contribution in [0.5, 0.6) is 5.75 Å². The summed E-state index contributed by atoms with van der Waals surface area (Å²) >= 11 is 0. The largest absolute Gasteiger partial charge is 0.475 e. The minimum Gasteiger partial charge on any atom is -0.475 e. The van der Waals surface area contributed by atoms with Crippen molar-refractivity contribution < 1.29 is 23.4 Å². The fraction of sp³-hybridized carbons (Fsp3) is 0.462. The first kappa shape index (κ1) is 15.4. The Morgan fingerprint density at radius 1 is 1.32 bits per heavy atom. The van der Waals surface area contributed by atoms with E-state index in [1.807, 2.05) is 0 Å². The molecule has 2 N–H and O–H groups in total. The lowest BCUT2D eigenvalue weighted by molar-refractivity contribution is -0.127. The molecule has 0 radical (unpaired) electrons. The second-order valence-electron chi connectivity index (χ2n) is 4.47. The summed E-state index contributed by atoms with van der Waals surface area (Å²) in [5, 5.41) is 11.4. The number of halogens is 2. The summed E-state index contributed by atoms with van der Waals surface area (Å²) in [7, 11) is 0. The lowest BCUT2D eigenvalue weighted by Crippen LogP contribution is -2.40. The molecule has 19 heavy (non-hydrogen) atoms. The number of carbonyl (C=O) groups excluding carboxylic acids is 1. The van der Waals surface area contributed by atoms with E-state index in [-0.39, 0.29) is 11.6 Å². The highest BCUT2D eigenvalue weighted by molar-refractivity contribution is 5.80. The van der Waals surface area contributed by atoms with Gasteiger partial charge < -0.3 is 15.2 Å². The van der Waals surface area contributed by atoms with Gasteiger partial charge in [-0.1, -0.05) is 0 Å². The van der Waals surface area contributed by atoms with Crippen molar-refractivity contribution in [2.24, 2.45) is 0 Å². The second-order valence-corrected chi connectivity index (χ2v) is 4.47. The molecule has 0 aromatic heterocycles. The number of carbonyl (C=O) groups is 1. The third-order valence-corrected chi connectivity index (χ3v) is 2.34.